The SMILES string of the molecule is Cc1c(-c2nccnc2C(=O)O)c2ccccc2n1C. The third-order valence-electron chi connectivity index (χ3n) is 3.54. The molecule has 0 aliphatic heterocycles. The molecule has 1 N–H and O–H groups in total. The third-order valence-corrected chi connectivity index (χ3v) is 3.54. The number of rotatable bonds is 2. The van der Waals surface area contributed by atoms with E-state index in [1.54, 1.807) is 0 Å². The molecule has 0 aliphatic carbocycles. The molecule has 100 valence electrons. The van der Waals surface area contributed by atoms with Crippen molar-refractivity contribution in [2.75, 3.05) is 0 Å². The summed E-state index contributed by atoms with van der Waals surface area (Å²) in [5.41, 5.74) is 3.23. The van der Waals surface area contributed by atoms with E-state index in [1.807, 2.05) is 42.8 Å². The molecule has 0 amide bonds. The third kappa shape index (κ3) is 1.67. The number of carboxylic acid groups (broad SMARTS) is 1. The summed E-state index contributed by atoms with van der Waals surface area (Å²) in [6, 6.07) is 7.86. The van der Waals surface area contributed by atoms with Gasteiger partial charge in [-0.25, -0.2) is 9.78 Å². The van der Waals surface area contributed by atoms with Crippen molar-refractivity contribution in [3.05, 3.63) is 48.0 Å². The van der Waals surface area contributed by atoms with E-state index in [-0.39, 0.29) is 5.69 Å². The van der Waals surface area contributed by atoms with Gasteiger partial charge in [-0.3, -0.25) is 4.98 Å². The topological polar surface area (TPSA) is 68.0 Å². The van der Waals surface area contributed by atoms with Gasteiger partial charge in [0, 0.05) is 41.6 Å². The van der Waals surface area contributed by atoms with Gasteiger partial charge in [0.05, 0.1) is 0 Å². The summed E-state index contributed by atoms with van der Waals surface area (Å²) in [7, 11) is 1.96. The second kappa shape index (κ2) is 4.45. The number of para-hydroxylation sites is 1. The Morgan fingerprint density at radius 2 is 1.90 bits per heavy atom. The van der Waals surface area contributed by atoms with Gasteiger partial charge in [0.2, 0.25) is 0 Å². The molecule has 0 spiro atoms. The number of fused-ring (bicyclic) bond motifs is 1. The first-order valence-corrected chi connectivity index (χ1v) is 6.20. The van der Waals surface area contributed by atoms with E-state index < -0.39 is 5.97 Å². The van der Waals surface area contributed by atoms with Crippen LogP contribution >= 0.6 is 0 Å². The average Bonchev–Trinajstić information content (AvgIpc) is 2.71. The molecule has 0 fully saturated rings. The van der Waals surface area contributed by atoms with Crippen LogP contribution in [0.15, 0.2) is 36.7 Å². The zero-order valence-electron chi connectivity index (χ0n) is 11.2. The Kier molecular flexibility index (Phi) is 2.75. The minimum Gasteiger partial charge on any atom is -0.476 e. The summed E-state index contributed by atoms with van der Waals surface area (Å²) in [5, 5.41) is 10.3. The van der Waals surface area contributed by atoms with Crippen LogP contribution in [0.25, 0.3) is 22.2 Å². The summed E-state index contributed by atoms with van der Waals surface area (Å²) in [5.74, 6) is -1.07. The normalized spacial score (nSPS) is 10.9. The molecule has 2 heterocycles. The lowest BCUT2D eigenvalue weighted by atomic mass is 10.1. The fourth-order valence-electron chi connectivity index (χ4n) is 2.50. The number of nitrogens with zero attached hydrogens (tertiary/aromatic N) is 3. The van der Waals surface area contributed by atoms with Gasteiger partial charge in [0.25, 0.3) is 0 Å². The maximum atomic E-state index is 11.3. The molecular weight excluding hydrogens is 254 g/mol. The predicted octanol–water partition coefficient (Wildman–Crippen LogP) is 2.64. The maximum absolute atomic E-state index is 11.3. The highest BCUT2D eigenvalue weighted by Crippen LogP contribution is 2.33. The highest BCUT2D eigenvalue weighted by atomic mass is 16.4. The standard InChI is InChI=1S/C15H13N3O2/c1-9-12(10-5-3-4-6-11(10)18(9)2)13-14(15(19)20)17-8-7-16-13/h3-8H,1-2H3,(H,19,20). The van der Waals surface area contributed by atoms with Crippen LogP contribution in [0.5, 0.6) is 0 Å². The number of carboxylic acids is 1. The minimum absolute atomic E-state index is 0.0213. The zero-order chi connectivity index (χ0) is 14.3. The van der Waals surface area contributed by atoms with Crippen LogP contribution < -0.4 is 0 Å². The molecule has 0 aliphatic rings. The van der Waals surface area contributed by atoms with Gasteiger partial charge < -0.3 is 9.67 Å². The summed E-state index contributed by atoms with van der Waals surface area (Å²) in [6.45, 7) is 1.95. The van der Waals surface area contributed by atoms with Crippen molar-refractivity contribution >= 4 is 16.9 Å². The van der Waals surface area contributed by atoms with Crippen molar-refractivity contribution in [1.82, 2.24) is 14.5 Å². The number of benzene rings is 1. The molecule has 3 rings (SSSR count). The van der Waals surface area contributed by atoms with Crippen molar-refractivity contribution in [3.63, 3.8) is 0 Å². The molecule has 5 nitrogen and oxygen atoms in total. The van der Waals surface area contributed by atoms with Gasteiger partial charge in [-0.05, 0) is 13.0 Å². The van der Waals surface area contributed by atoms with Crippen molar-refractivity contribution < 1.29 is 9.90 Å². The fourth-order valence-corrected chi connectivity index (χ4v) is 2.50. The van der Waals surface area contributed by atoms with E-state index >= 15 is 0 Å². The monoisotopic (exact) mass is 267 g/mol. The predicted molar refractivity (Wildman–Crippen MR) is 75.6 cm³/mol. The van der Waals surface area contributed by atoms with Crippen molar-refractivity contribution in [2.24, 2.45) is 7.05 Å². The van der Waals surface area contributed by atoms with Gasteiger partial charge in [0.15, 0.2) is 5.69 Å². The van der Waals surface area contributed by atoms with Crippen LogP contribution in [-0.2, 0) is 7.05 Å². The van der Waals surface area contributed by atoms with E-state index in [4.69, 9.17) is 0 Å². The number of hydrogen-bond acceptors (Lipinski definition) is 3. The second-order valence-corrected chi connectivity index (χ2v) is 4.60. The number of hydrogen-bond donors (Lipinski definition) is 1. The Morgan fingerprint density at radius 3 is 2.65 bits per heavy atom. The van der Waals surface area contributed by atoms with Gasteiger partial charge in [-0.2, -0.15) is 0 Å². The highest BCUT2D eigenvalue weighted by Gasteiger charge is 2.21. The Balaban J connectivity index is 2.42. The summed E-state index contributed by atoms with van der Waals surface area (Å²) in [4.78, 5) is 19.5. The smallest absolute Gasteiger partial charge is 0.356 e. The van der Waals surface area contributed by atoms with E-state index in [2.05, 4.69) is 9.97 Å². The Labute approximate surface area is 115 Å². The van der Waals surface area contributed by atoms with Gasteiger partial charge in [-0.15, -0.1) is 0 Å². The number of aryl methyl sites for hydroxylation is 1. The Morgan fingerprint density at radius 1 is 1.20 bits per heavy atom. The largest absolute Gasteiger partial charge is 0.476 e. The van der Waals surface area contributed by atoms with Crippen LogP contribution in [0.1, 0.15) is 16.2 Å². The first-order chi connectivity index (χ1) is 9.61. The lowest BCUT2D eigenvalue weighted by molar-refractivity contribution is 0.0691. The first-order valence-electron chi connectivity index (χ1n) is 6.20. The highest BCUT2D eigenvalue weighted by molar-refractivity contribution is 6.02. The van der Waals surface area contributed by atoms with E-state index in [1.165, 1.54) is 12.4 Å². The van der Waals surface area contributed by atoms with Gasteiger partial charge in [0.1, 0.15) is 5.69 Å². The molecule has 0 saturated heterocycles. The van der Waals surface area contributed by atoms with E-state index in [0.717, 1.165) is 22.2 Å². The molecule has 2 aromatic heterocycles. The number of aromatic nitrogens is 3. The zero-order valence-corrected chi connectivity index (χ0v) is 11.2. The minimum atomic E-state index is -1.07. The summed E-state index contributed by atoms with van der Waals surface area (Å²) >= 11 is 0. The van der Waals surface area contributed by atoms with Crippen LogP contribution in [0.2, 0.25) is 0 Å². The average molecular weight is 267 g/mol. The molecule has 1 aromatic carbocycles. The lowest BCUT2D eigenvalue weighted by Crippen LogP contribution is -2.05. The Bertz CT molecular complexity index is 821. The molecule has 0 bridgehead atoms. The van der Waals surface area contributed by atoms with Crippen LogP contribution in [0, 0.1) is 6.92 Å². The Hall–Kier alpha value is -2.69. The van der Waals surface area contributed by atoms with Gasteiger partial charge in [-0.1, -0.05) is 18.2 Å². The molecule has 5 heteroatoms. The quantitative estimate of drug-likeness (QED) is 0.775. The molecule has 0 radical (unpaired) electrons. The molecule has 3 aromatic rings. The maximum Gasteiger partial charge on any atom is 0.356 e. The first kappa shape index (κ1) is 12.3. The lowest BCUT2D eigenvalue weighted by Gasteiger charge is -2.04. The molecular formula is C15H13N3O2. The fraction of sp³-hybridized carbons (Fsp3) is 0.133. The molecule has 20 heavy (non-hydrogen) atoms. The van der Waals surface area contributed by atoms with Crippen molar-refractivity contribution in [3.8, 4) is 11.3 Å². The van der Waals surface area contributed by atoms with Crippen molar-refractivity contribution in [1.29, 1.82) is 0 Å². The summed E-state index contributed by atoms with van der Waals surface area (Å²) in [6.07, 6.45) is 2.91. The van der Waals surface area contributed by atoms with Crippen LogP contribution in [0.4, 0.5) is 0 Å². The van der Waals surface area contributed by atoms with E-state index in [0.29, 0.717) is 5.69 Å². The van der Waals surface area contributed by atoms with Gasteiger partial charge >= 0.3 is 5.97 Å². The van der Waals surface area contributed by atoms with Crippen molar-refractivity contribution in [2.45, 2.75) is 6.92 Å². The second-order valence-electron chi connectivity index (χ2n) is 4.60. The van der Waals surface area contributed by atoms with E-state index in [9.17, 15) is 9.90 Å². The molecule has 0 unspecified atom stereocenters. The number of carbonyl (C=O) groups is 1. The van der Waals surface area contributed by atoms with Crippen LogP contribution in [0.3, 0.4) is 0 Å². The molecule has 0 atom stereocenters. The summed E-state index contributed by atoms with van der Waals surface area (Å²) < 4.78 is 2.03. The van der Waals surface area contributed by atoms with Crippen LogP contribution in [-0.4, -0.2) is 25.6 Å². The molecule has 0 saturated carbocycles. The number of aromatic carboxylic acids is 1.